The topological polar surface area (TPSA) is 59.2 Å². The second-order valence-electron chi connectivity index (χ2n) is 4.08. The fraction of sp³-hybridized carbons (Fsp3) is 0.417. The molecule has 1 unspecified atom stereocenters. The van der Waals surface area contributed by atoms with E-state index in [2.05, 4.69) is 4.98 Å². The van der Waals surface area contributed by atoms with Crippen molar-refractivity contribution in [1.29, 1.82) is 0 Å². The standard InChI is InChI=1S/C12H17N3OS/c1-7-5-6-10(8(2)14-7)12(16)15(4)9(3)11(13)17/h5-6,9H,1-4H3,(H2,13,17). The number of likely N-dealkylation sites (N-methyl/N-ethyl adjacent to an activating group) is 1. The SMILES string of the molecule is Cc1ccc(C(=O)N(C)C(C)C(N)=S)c(C)n1. The first-order valence-corrected chi connectivity index (χ1v) is 5.76. The van der Waals surface area contributed by atoms with E-state index in [1.54, 1.807) is 20.0 Å². The highest BCUT2D eigenvalue weighted by atomic mass is 32.1. The number of pyridine rings is 1. The van der Waals surface area contributed by atoms with Crippen molar-refractivity contribution in [3.8, 4) is 0 Å². The maximum atomic E-state index is 12.2. The maximum Gasteiger partial charge on any atom is 0.256 e. The van der Waals surface area contributed by atoms with Crippen molar-refractivity contribution in [3.63, 3.8) is 0 Å². The van der Waals surface area contributed by atoms with Crippen LogP contribution in [0.5, 0.6) is 0 Å². The molecule has 4 nitrogen and oxygen atoms in total. The Kier molecular flexibility index (Phi) is 4.17. The number of thiocarbonyl (C=S) groups is 1. The Morgan fingerprint density at radius 3 is 2.53 bits per heavy atom. The van der Waals surface area contributed by atoms with E-state index in [1.165, 1.54) is 4.90 Å². The fourth-order valence-electron chi connectivity index (χ4n) is 1.47. The fourth-order valence-corrected chi connectivity index (χ4v) is 1.63. The third-order valence-electron chi connectivity index (χ3n) is 2.77. The third kappa shape index (κ3) is 3.00. The summed E-state index contributed by atoms with van der Waals surface area (Å²) in [6.45, 7) is 5.51. The van der Waals surface area contributed by atoms with Gasteiger partial charge >= 0.3 is 0 Å². The van der Waals surface area contributed by atoms with E-state index in [0.29, 0.717) is 10.6 Å². The largest absolute Gasteiger partial charge is 0.392 e. The van der Waals surface area contributed by atoms with Crippen molar-refractivity contribution in [2.45, 2.75) is 26.8 Å². The summed E-state index contributed by atoms with van der Waals surface area (Å²) in [6, 6.07) is 3.33. The molecule has 2 N–H and O–H groups in total. The lowest BCUT2D eigenvalue weighted by Crippen LogP contribution is -2.43. The minimum absolute atomic E-state index is 0.115. The highest BCUT2D eigenvalue weighted by Gasteiger charge is 2.20. The molecule has 1 rings (SSSR count). The van der Waals surface area contributed by atoms with E-state index in [1.807, 2.05) is 19.9 Å². The summed E-state index contributed by atoms with van der Waals surface area (Å²) in [5.74, 6) is -0.115. The second-order valence-corrected chi connectivity index (χ2v) is 4.55. The van der Waals surface area contributed by atoms with Crippen molar-refractivity contribution < 1.29 is 4.79 Å². The third-order valence-corrected chi connectivity index (χ3v) is 3.11. The molecule has 0 saturated carbocycles. The van der Waals surface area contributed by atoms with Crippen LogP contribution in [0, 0.1) is 13.8 Å². The Labute approximate surface area is 107 Å². The van der Waals surface area contributed by atoms with E-state index in [9.17, 15) is 4.79 Å². The molecule has 0 saturated heterocycles. The van der Waals surface area contributed by atoms with Crippen LogP contribution in [0.1, 0.15) is 28.7 Å². The van der Waals surface area contributed by atoms with Gasteiger partial charge in [0.05, 0.1) is 22.3 Å². The maximum absolute atomic E-state index is 12.2. The number of rotatable bonds is 3. The summed E-state index contributed by atoms with van der Waals surface area (Å²) < 4.78 is 0. The van der Waals surface area contributed by atoms with Crippen LogP contribution in [0.25, 0.3) is 0 Å². The molecular weight excluding hydrogens is 234 g/mol. The highest BCUT2D eigenvalue weighted by Crippen LogP contribution is 2.11. The summed E-state index contributed by atoms with van der Waals surface area (Å²) in [4.78, 5) is 18.3. The zero-order chi connectivity index (χ0) is 13.2. The van der Waals surface area contributed by atoms with Gasteiger partial charge < -0.3 is 10.6 Å². The average Bonchev–Trinajstić information content (AvgIpc) is 2.26. The lowest BCUT2D eigenvalue weighted by Gasteiger charge is -2.24. The first-order valence-electron chi connectivity index (χ1n) is 5.35. The van der Waals surface area contributed by atoms with E-state index in [0.717, 1.165) is 11.4 Å². The van der Waals surface area contributed by atoms with Crippen LogP contribution in [0.15, 0.2) is 12.1 Å². The van der Waals surface area contributed by atoms with E-state index < -0.39 is 0 Å². The minimum atomic E-state index is -0.266. The number of aromatic nitrogens is 1. The van der Waals surface area contributed by atoms with Gasteiger partial charge in [0.15, 0.2) is 0 Å². The molecule has 1 atom stereocenters. The molecule has 17 heavy (non-hydrogen) atoms. The van der Waals surface area contributed by atoms with Gasteiger partial charge in [-0.15, -0.1) is 0 Å². The van der Waals surface area contributed by atoms with Crippen LogP contribution in [-0.2, 0) is 0 Å². The van der Waals surface area contributed by atoms with Crippen LogP contribution < -0.4 is 5.73 Å². The molecule has 0 spiro atoms. The van der Waals surface area contributed by atoms with Gasteiger partial charge in [0, 0.05) is 12.7 Å². The molecule has 0 fully saturated rings. The van der Waals surface area contributed by atoms with E-state index >= 15 is 0 Å². The normalized spacial score (nSPS) is 12.0. The van der Waals surface area contributed by atoms with Gasteiger partial charge in [0.1, 0.15) is 0 Å². The number of carbonyl (C=O) groups excluding carboxylic acids is 1. The average molecular weight is 251 g/mol. The molecule has 5 heteroatoms. The number of hydrogen-bond donors (Lipinski definition) is 1. The molecule has 0 radical (unpaired) electrons. The summed E-state index contributed by atoms with van der Waals surface area (Å²) >= 11 is 4.89. The smallest absolute Gasteiger partial charge is 0.256 e. The molecule has 1 amide bonds. The van der Waals surface area contributed by atoms with Crippen LogP contribution in [0.4, 0.5) is 0 Å². The monoisotopic (exact) mass is 251 g/mol. The predicted molar refractivity (Wildman–Crippen MR) is 72.1 cm³/mol. The van der Waals surface area contributed by atoms with Crippen LogP contribution >= 0.6 is 12.2 Å². The number of aryl methyl sites for hydroxylation is 2. The lowest BCUT2D eigenvalue weighted by molar-refractivity contribution is 0.0777. The highest BCUT2D eigenvalue weighted by molar-refractivity contribution is 7.80. The molecule has 0 aliphatic carbocycles. The summed E-state index contributed by atoms with van der Waals surface area (Å²) in [5.41, 5.74) is 7.73. The number of hydrogen-bond acceptors (Lipinski definition) is 3. The quantitative estimate of drug-likeness (QED) is 0.826. The van der Waals surface area contributed by atoms with Crippen LogP contribution in [-0.4, -0.2) is 33.9 Å². The minimum Gasteiger partial charge on any atom is -0.392 e. The van der Waals surface area contributed by atoms with E-state index in [4.69, 9.17) is 18.0 Å². The number of amides is 1. The van der Waals surface area contributed by atoms with Gasteiger partial charge in [-0.25, -0.2) is 0 Å². The van der Waals surface area contributed by atoms with Gasteiger partial charge in [-0.1, -0.05) is 12.2 Å². The Bertz CT molecular complexity index is 459. The van der Waals surface area contributed by atoms with Gasteiger partial charge in [0.2, 0.25) is 0 Å². The number of carbonyl (C=O) groups is 1. The Hall–Kier alpha value is -1.49. The van der Waals surface area contributed by atoms with E-state index in [-0.39, 0.29) is 11.9 Å². The molecule has 0 aliphatic rings. The Morgan fingerprint density at radius 2 is 2.06 bits per heavy atom. The molecule has 92 valence electrons. The lowest BCUT2D eigenvalue weighted by atomic mass is 10.1. The first-order chi connectivity index (χ1) is 7.84. The molecule has 1 aromatic rings. The van der Waals surface area contributed by atoms with Crippen molar-refractivity contribution in [3.05, 3.63) is 29.1 Å². The molecule has 0 aliphatic heterocycles. The summed E-state index contributed by atoms with van der Waals surface area (Å²) in [7, 11) is 1.69. The van der Waals surface area contributed by atoms with Crippen molar-refractivity contribution in [1.82, 2.24) is 9.88 Å². The first kappa shape index (κ1) is 13.6. The zero-order valence-electron chi connectivity index (χ0n) is 10.5. The van der Waals surface area contributed by atoms with Crippen molar-refractivity contribution in [2.75, 3.05) is 7.05 Å². The number of nitrogens with zero attached hydrogens (tertiary/aromatic N) is 2. The summed E-state index contributed by atoms with van der Waals surface area (Å²) in [6.07, 6.45) is 0. The summed E-state index contributed by atoms with van der Waals surface area (Å²) in [5, 5.41) is 0. The molecule has 0 aromatic carbocycles. The van der Waals surface area contributed by atoms with Crippen LogP contribution in [0.2, 0.25) is 0 Å². The Morgan fingerprint density at radius 1 is 1.47 bits per heavy atom. The molecular formula is C12H17N3OS. The van der Waals surface area contributed by atoms with Crippen molar-refractivity contribution >= 4 is 23.1 Å². The van der Waals surface area contributed by atoms with Crippen molar-refractivity contribution in [2.24, 2.45) is 5.73 Å². The molecule has 0 bridgehead atoms. The molecule has 1 heterocycles. The van der Waals surface area contributed by atoms with Gasteiger partial charge in [0.25, 0.3) is 5.91 Å². The molecule has 1 aromatic heterocycles. The predicted octanol–water partition coefficient (Wildman–Crippen LogP) is 1.45. The van der Waals surface area contributed by atoms with Crippen LogP contribution in [0.3, 0.4) is 0 Å². The number of nitrogens with two attached hydrogens (primary N) is 1. The second kappa shape index (κ2) is 5.23. The van der Waals surface area contributed by atoms with Gasteiger partial charge in [-0.2, -0.15) is 0 Å². The Balaban J connectivity index is 3.00. The van der Waals surface area contributed by atoms with Gasteiger partial charge in [-0.05, 0) is 32.9 Å². The van der Waals surface area contributed by atoms with Gasteiger partial charge in [-0.3, -0.25) is 9.78 Å². The zero-order valence-corrected chi connectivity index (χ0v) is 11.3.